The van der Waals surface area contributed by atoms with Crippen molar-refractivity contribution in [1.29, 1.82) is 0 Å². The molecule has 1 N–H and O–H groups in total. The normalized spacial score (nSPS) is 21.6. The van der Waals surface area contributed by atoms with E-state index in [1.165, 1.54) is 26.2 Å². The van der Waals surface area contributed by atoms with Gasteiger partial charge in [-0.2, -0.15) is 0 Å². The zero-order valence-corrected chi connectivity index (χ0v) is 14.3. The number of nitrogens with one attached hydrogen (secondary N) is 1. The monoisotopic (exact) mass is 364 g/mol. The van der Waals surface area contributed by atoms with Gasteiger partial charge in [0.2, 0.25) is 10.0 Å². The van der Waals surface area contributed by atoms with Crippen LogP contribution in [0.5, 0.6) is 0 Å². The van der Waals surface area contributed by atoms with Gasteiger partial charge in [-0.3, -0.25) is 4.79 Å². The third kappa shape index (κ3) is 4.41. The minimum absolute atomic E-state index is 0.143. The fourth-order valence-electron chi connectivity index (χ4n) is 2.26. The molecule has 23 heavy (non-hydrogen) atoms. The minimum atomic E-state index is -3.42. The molecule has 0 unspecified atom stereocenters. The molecule has 1 aliphatic heterocycles. The van der Waals surface area contributed by atoms with E-state index in [1.54, 1.807) is 0 Å². The van der Waals surface area contributed by atoms with Crippen LogP contribution < -0.4 is 5.32 Å². The number of benzene rings is 1. The smallest absolute Gasteiger partial charge is 0.254 e. The topological polar surface area (TPSA) is 75.7 Å². The van der Waals surface area contributed by atoms with E-state index in [-0.39, 0.29) is 35.5 Å². The van der Waals surface area contributed by atoms with Crippen molar-refractivity contribution in [3.05, 3.63) is 34.6 Å². The van der Waals surface area contributed by atoms with Gasteiger partial charge in [0.15, 0.2) is 0 Å². The lowest BCUT2D eigenvalue weighted by atomic mass is 10.1. The van der Waals surface area contributed by atoms with Gasteiger partial charge < -0.3 is 10.1 Å². The first-order chi connectivity index (χ1) is 10.7. The number of rotatable bonds is 5. The zero-order valence-electron chi connectivity index (χ0n) is 12.8. The van der Waals surface area contributed by atoms with E-state index in [0.717, 1.165) is 10.4 Å². The number of carbonyl (C=O) groups excluding carboxylic acids is 1. The standard InChI is InChI=1S/C14H18ClFN2O4S/c1-18(2)23(20,21)8-9-6-22-7-13(9)17-14(19)11-4-3-10(15)5-12(11)16/h3-5,9,13H,6-8H2,1-2H3,(H,17,19)/t9-,13+/m0/s1. The summed E-state index contributed by atoms with van der Waals surface area (Å²) in [5, 5.41) is 2.83. The maximum Gasteiger partial charge on any atom is 0.254 e. The molecule has 1 aliphatic rings. The third-order valence-corrected chi connectivity index (χ3v) is 5.87. The molecule has 6 nitrogen and oxygen atoms in total. The molecule has 128 valence electrons. The van der Waals surface area contributed by atoms with Crippen LogP contribution in [0.1, 0.15) is 10.4 Å². The van der Waals surface area contributed by atoms with Crippen molar-refractivity contribution in [1.82, 2.24) is 9.62 Å². The first kappa shape index (κ1) is 18.1. The van der Waals surface area contributed by atoms with Crippen LogP contribution in [0.4, 0.5) is 4.39 Å². The van der Waals surface area contributed by atoms with Gasteiger partial charge in [0, 0.05) is 25.0 Å². The summed E-state index contributed by atoms with van der Waals surface area (Å²) in [5.41, 5.74) is -0.143. The van der Waals surface area contributed by atoms with Crippen molar-refractivity contribution in [3.8, 4) is 0 Å². The maximum absolute atomic E-state index is 13.8. The molecule has 0 radical (unpaired) electrons. The van der Waals surface area contributed by atoms with Crippen LogP contribution in [0.3, 0.4) is 0 Å². The van der Waals surface area contributed by atoms with Gasteiger partial charge in [-0.05, 0) is 18.2 Å². The molecule has 1 amide bonds. The second kappa shape index (κ2) is 7.12. The number of amides is 1. The molecular formula is C14H18ClFN2O4S. The second-order valence-corrected chi connectivity index (χ2v) is 8.23. The number of ether oxygens (including phenoxy) is 1. The Bertz CT molecular complexity index is 696. The maximum atomic E-state index is 13.8. The lowest BCUT2D eigenvalue weighted by molar-refractivity contribution is 0.0922. The third-order valence-electron chi connectivity index (χ3n) is 3.67. The highest BCUT2D eigenvalue weighted by Crippen LogP contribution is 2.19. The van der Waals surface area contributed by atoms with Crippen molar-refractivity contribution in [2.45, 2.75) is 6.04 Å². The number of nitrogens with zero attached hydrogens (tertiary/aromatic N) is 1. The Hall–Kier alpha value is -1.22. The Morgan fingerprint density at radius 3 is 2.74 bits per heavy atom. The molecule has 0 spiro atoms. The van der Waals surface area contributed by atoms with E-state index in [4.69, 9.17) is 16.3 Å². The lowest BCUT2D eigenvalue weighted by Gasteiger charge is -2.21. The van der Waals surface area contributed by atoms with Gasteiger partial charge in [0.25, 0.3) is 5.91 Å². The van der Waals surface area contributed by atoms with Crippen molar-refractivity contribution >= 4 is 27.5 Å². The highest BCUT2D eigenvalue weighted by atomic mass is 35.5. The molecule has 0 saturated carbocycles. The SMILES string of the molecule is CN(C)S(=O)(=O)C[C@@H]1COC[C@H]1NC(=O)c1ccc(Cl)cc1F. The van der Waals surface area contributed by atoms with Crippen LogP contribution in [0.15, 0.2) is 18.2 Å². The molecule has 9 heteroatoms. The van der Waals surface area contributed by atoms with Gasteiger partial charge >= 0.3 is 0 Å². The Morgan fingerprint density at radius 2 is 2.13 bits per heavy atom. The van der Waals surface area contributed by atoms with E-state index in [2.05, 4.69) is 5.32 Å². The Kier molecular flexibility index (Phi) is 5.61. The van der Waals surface area contributed by atoms with Crippen LogP contribution >= 0.6 is 11.6 Å². The van der Waals surface area contributed by atoms with Gasteiger partial charge in [0.05, 0.1) is 30.6 Å². The average Bonchev–Trinajstić information content (AvgIpc) is 2.84. The minimum Gasteiger partial charge on any atom is -0.379 e. The zero-order chi connectivity index (χ0) is 17.2. The summed E-state index contributed by atoms with van der Waals surface area (Å²) >= 11 is 5.65. The van der Waals surface area contributed by atoms with Crippen molar-refractivity contribution in [2.75, 3.05) is 33.1 Å². The van der Waals surface area contributed by atoms with E-state index in [1.807, 2.05) is 0 Å². The summed E-state index contributed by atoms with van der Waals surface area (Å²) in [6.45, 7) is 0.412. The molecule has 0 aromatic heterocycles. The molecule has 2 rings (SSSR count). The number of sulfonamides is 1. The van der Waals surface area contributed by atoms with Crippen LogP contribution in [-0.2, 0) is 14.8 Å². The fourth-order valence-corrected chi connectivity index (χ4v) is 3.59. The fraction of sp³-hybridized carbons (Fsp3) is 0.500. The first-order valence-corrected chi connectivity index (χ1v) is 8.93. The summed E-state index contributed by atoms with van der Waals surface area (Å²) in [7, 11) is -0.526. The Labute approximate surface area is 139 Å². The van der Waals surface area contributed by atoms with Gasteiger partial charge in [-0.15, -0.1) is 0 Å². The molecular weight excluding hydrogens is 347 g/mol. The van der Waals surface area contributed by atoms with E-state index < -0.39 is 27.8 Å². The summed E-state index contributed by atoms with van der Waals surface area (Å²) < 4.78 is 44.1. The van der Waals surface area contributed by atoms with E-state index >= 15 is 0 Å². The molecule has 1 aromatic carbocycles. The Morgan fingerprint density at radius 1 is 1.43 bits per heavy atom. The van der Waals surface area contributed by atoms with Gasteiger partial charge in [-0.25, -0.2) is 17.1 Å². The number of hydrogen-bond donors (Lipinski definition) is 1. The molecule has 1 aromatic rings. The van der Waals surface area contributed by atoms with Crippen LogP contribution in [0.25, 0.3) is 0 Å². The summed E-state index contributed by atoms with van der Waals surface area (Å²) in [6, 6.07) is 3.26. The van der Waals surface area contributed by atoms with E-state index in [9.17, 15) is 17.6 Å². The summed E-state index contributed by atoms with van der Waals surface area (Å²) in [5.74, 6) is -1.89. The summed E-state index contributed by atoms with van der Waals surface area (Å²) in [4.78, 5) is 12.2. The van der Waals surface area contributed by atoms with Crippen LogP contribution in [0, 0.1) is 11.7 Å². The average molecular weight is 365 g/mol. The van der Waals surface area contributed by atoms with Crippen LogP contribution in [0.2, 0.25) is 5.02 Å². The quantitative estimate of drug-likeness (QED) is 0.849. The number of carbonyl (C=O) groups is 1. The highest BCUT2D eigenvalue weighted by molar-refractivity contribution is 7.89. The van der Waals surface area contributed by atoms with E-state index in [0.29, 0.717) is 0 Å². The number of hydrogen-bond acceptors (Lipinski definition) is 4. The lowest BCUT2D eigenvalue weighted by Crippen LogP contribution is -2.43. The first-order valence-electron chi connectivity index (χ1n) is 6.94. The largest absolute Gasteiger partial charge is 0.379 e. The predicted molar refractivity (Wildman–Crippen MR) is 84.4 cm³/mol. The molecule has 1 fully saturated rings. The number of halogens is 2. The van der Waals surface area contributed by atoms with Crippen molar-refractivity contribution in [2.24, 2.45) is 5.92 Å². The van der Waals surface area contributed by atoms with Crippen molar-refractivity contribution < 1.29 is 22.3 Å². The molecule has 0 aliphatic carbocycles. The van der Waals surface area contributed by atoms with Crippen LogP contribution in [-0.4, -0.2) is 57.7 Å². The molecule has 1 heterocycles. The van der Waals surface area contributed by atoms with Gasteiger partial charge in [0.1, 0.15) is 5.82 Å². The second-order valence-electron chi connectivity index (χ2n) is 5.56. The molecule has 1 saturated heterocycles. The Balaban J connectivity index is 2.08. The molecule has 2 atom stereocenters. The predicted octanol–water partition coefficient (Wildman–Crippen LogP) is 1.12. The van der Waals surface area contributed by atoms with Gasteiger partial charge in [-0.1, -0.05) is 11.6 Å². The highest BCUT2D eigenvalue weighted by Gasteiger charge is 2.34. The van der Waals surface area contributed by atoms with Crippen molar-refractivity contribution in [3.63, 3.8) is 0 Å². The summed E-state index contributed by atoms with van der Waals surface area (Å²) in [6.07, 6.45) is 0. The molecule has 0 bridgehead atoms.